The molecule has 1 N–H and O–H groups in total. The van der Waals surface area contributed by atoms with Crippen LogP contribution >= 0.6 is 0 Å². The van der Waals surface area contributed by atoms with Gasteiger partial charge in [0.2, 0.25) is 0 Å². The van der Waals surface area contributed by atoms with E-state index < -0.39 is 10.8 Å². The minimum Gasteiger partial charge on any atom is -0.267 e. The molecule has 0 aromatic heterocycles. The number of rotatable bonds is 3. The van der Waals surface area contributed by atoms with E-state index in [0.29, 0.717) is 5.92 Å². The number of nitro groups is 1. The van der Waals surface area contributed by atoms with Gasteiger partial charge in [0.15, 0.2) is 0 Å². The topological polar surface area (TPSA) is 84.6 Å². The predicted molar refractivity (Wildman–Crippen MR) is 75.6 cm³/mol. The van der Waals surface area contributed by atoms with Crippen molar-refractivity contribution in [3.05, 3.63) is 39.9 Å². The molecule has 106 valence electrons. The summed E-state index contributed by atoms with van der Waals surface area (Å²) in [6, 6.07) is 5.86. The van der Waals surface area contributed by atoms with Crippen LogP contribution in [0.4, 0.5) is 5.69 Å². The third-order valence-corrected chi connectivity index (χ3v) is 3.51. The molecule has 1 amide bonds. The first-order valence-corrected chi connectivity index (χ1v) is 6.67. The summed E-state index contributed by atoms with van der Waals surface area (Å²) in [5, 5.41) is 14.9. The molecular formula is C14H17N3O3. The van der Waals surface area contributed by atoms with E-state index in [2.05, 4.69) is 17.5 Å². The molecular weight excluding hydrogens is 258 g/mol. The van der Waals surface area contributed by atoms with Crippen LogP contribution in [0.3, 0.4) is 0 Å². The van der Waals surface area contributed by atoms with Gasteiger partial charge in [-0.2, -0.15) is 5.10 Å². The Bertz CT molecular complexity index is 544. The molecule has 1 aliphatic carbocycles. The van der Waals surface area contributed by atoms with Gasteiger partial charge in [0.1, 0.15) is 5.56 Å². The predicted octanol–water partition coefficient (Wildman–Crippen LogP) is 2.89. The zero-order valence-electron chi connectivity index (χ0n) is 11.3. The molecule has 0 heterocycles. The third kappa shape index (κ3) is 3.40. The highest BCUT2D eigenvalue weighted by atomic mass is 16.6. The van der Waals surface area contributed by atoms with Gasteiger partial charge in [-0.25, -0.2) is 5.43 Å². The van der Waals surface area contributed by atoms with Crippen molar-refractivity contribution in [3.8, 4) is 0 Å². The van der Waals surface area contributed by atoms with Crippen molar-refractivity contribution < 1.29 is 9.72 Å². The molecule has 0 saturated heterocycles. The summed E-state index contributed by atoms with van der Waals surface area (Å²) in [5.74, 6) is 0.156. The van der Waals surface area contributed by atoms with E-state index in [9.17, 15) is 14.9 Å². The highest BCUT2D eigenvalue weighted by Crippen LogP contribution is 2.21. The zero-order valence-corrected chi connectivity index (χ0v) is 11.3. The molecule has 1 aliphatic rings. The van der Waals surface area contributed by atoms with Crippen LogP contribution in [0, 0.1) is 16.0 Å². The van der Waals surface area contributed by atoms with Crippen LogP contribution in [0.25, 0.3) is 0 Å². The number of hydrogen-bond donors (Lipinski definition) is 1. The Kier molecular flexibility index (Phi) is 4.45. The third-order valence-electron chi connectivity index (χ3n) is 3.51. The molecule has 0 radical (unpaired) electrons. The second-order valence-electron chi connectivity index (χ2n) is 5.08. The largest absolute Gasteiger partial charge is 0.282 e. The van der Waals surface area contributed by atoms with Crippen LogP contribution < -0.4 is 5.43 Å². The van der Waals surface area contributed by atoms with Gasteiger partial charge in [0.05, 0.1) is 4.92 Å². The lowest BCUT2D eigenvalue weighted by molar-refractivity contribution is -0.385. The maximum absolute atomic E-state index is 12.0. The average molecular weight is 275 g/mol. The summed E-state index contributed by atoms with van der Waals surface area (Å²) in [5.41, 5.74) is 3.20. The monoisotopic (exact) mass is 275 g/mol. The van der Waals surface area contributed by atoms with Crippen LogP contribution in [-0.2, 0) is 0 Å². The molecule has 1 aromatic rings. The van der Waals surface area contributed by atoms with Crippen molar-refractivity contribution in [2.75, 3.05) is 0 Å². The quantitative estimate of drug-likeness (QED) is 0.680. The van der Waals surface area contributed by atoms with Crippen molar-refractivity contribution in [1.29, 1.82) is 0 Å². The Morgan fingerprint density at radius 2 is 2.00 bits per heavy atom. The number of benzene rings is 1. The standard InChI is InChI=1S/C14H17N3O3/c1-10-6-8-11(9-7-10)15-16-14(18)12-4-2-3-5-13(12)17(19)20/h2-5,10H,6-9H2,1H3,(H,16,18). The number of hydrazone groups is 1. The van der Waals surface area contributed by atoms with E-state index in [1.807, 2.05) is 0 Å². The Balaban J connectivity index is 2.06. The number of nitrogens with one attached hydrogen (secondary N) is 1. The van der Waals surface area contributed by atoms with Crippen LogP contribution in [0.15, 0.2) is 29.4 Å². The summed E-state index contributed by atoms with van der Waals surface area (Å²) in [4.78, 5) is 22.2. The van der Waals surface area contributed by atoms with Crippen LogP contribution in [-0.4, -0.2) is 16.5 Å². The maximum Gasteiger partial charge on any atom is 0.282 e. The van der Waals surface area contributed by atoms with E-state index in [4.69, 9.17) is 0 Å². The summed E-state index contributed by atoms with van der Waals surface area (Å²) < 4.78 is 0. The molecule has 0 atom stereocenters. The average Bonchev–Trinajstić information content (AvgIpc) is 2.46. The first kappa shape index (κ1) is 14.2. The van der Waals surface area contributed by atoms with E-state index in [1.165, 1.54) is 18.2 Å². The van der Waals surface area contributed by atoms with Gasteiger partial charge in [-0.05, 0) is 37.7 Å². The number of carbonyl (C=O) groups is 1. The van der Waals surface area contributed by atoms with Gasteiger partial charge in [-0.15, -0.1) is 0 Å². The smallest absolute Gasteiger partial charge is 0.267 e. The first-order chi connectivity index (χ1) is 9.58. The molecule has 0 unspecified atom stereocenters. The van der Waals surface area contributed by atoms with E-state index in [0.717, 1.165) is 31.4 Å². The molecule has 1 aromatic carbocycles. The molecule has 0 spiro atoms. The fraction of sp³-hybridized carbons (Fsp3) is 0.429. The molecule has 6 nitrogen and oxygen atoms in total. The molecule has 6 heteroatoms. The van der Waals surface area contributed by atoms with Crippen LogP contribution in [0.2, 0.25) is 0 Å². The molecule has 2 rings (SSSR count). The highest BCUT2D eigenvalue weighted by Gasteiger charge is 2.19. The Hall–Kier alpha value is -2.24. The van der Waals surface area contributed by atoms with Crippen LogP contribution in [0.5, 0.6) is 0 Å². The van der Waals surface area contributed by atoms with Crippen molar-refractivity contribution in [1.82, 2.24) is 5.43 Å². The minimum absolute atomic E-state index is 0.0334. The second-order valence-corrected chi connectivity index (χ2v) is 5.08. The van der Waals surface area contributed by atoms with Gasteiger partial charge < -0.3 is 0 Å². The van der Waals surface area contributed by atoms with E-state index in [-0.39, 0.29) is 11.3 Å². The second kappa shape index (κ2) is 6.27. The highest BCUT2D eigenvalue weighted by molar-refractivity contribution is 5.98. The Morgan fingerprint density at radius 3 is 2.65 bits per heavy atom. The van der Waals surface area contributed by atoms with Gasteiger partial charge >= 0.3 is 0 Å². The fourth-order valence-corrected chi connectivity index (χ4v) is 2.22. The Morgan fingerprint density at radius 1 is 1.35 bits per heavy atom. The molecule has 0 bridgehead atoms. The lowest BCUT2D eigenvalue weighted by atomic mass is 9.90. The number of nitrogens with zero attached hydrogens (tertiary/aromatic N) is 2. The minimum atomic E-state index is -0.565. The summed E-state index contributed by atoms with van der Waals surface area (Å²) >= 11 is 0. The van der Waals surface area contributed by atoms with Gasteiger partial charge in [0.25, 0.3) is 11.6 Å². The first-order valence-electron chi connectivity index (χ1n) is 6.67. The lowest BCUT2D eigenvalue weighted by Crippen LogP contribution is -2.22. The SMILES string of the molecule is CC1CCC(=NNC(=O)c2ccccc2[N+](=O)[O-])CC1. The number of para-hydroxylation sites is 1. The zero-order chi connectivity index (χ0) is 14.5. The normalized spacial score (nSPS) is 18.4. The van der Waals surface area contributed by atoms with Gasteiger partial charge in [-0.1, -0.05) is 19.1 Å². The number of carbonyl (C=O) groups excluding carboxylic acids is 1. The van der Waals surface area contributed by atoms with Crippen molar-refractivity contribution >= 4 is 17.3 Å². The number of nitro benzene ring substituents is 1. The van der Waals surface area contributed by atoms with Gasteiger partial charge in [0, 0.05) is 11.8 Å². The molecule has 20 heavy (non-hydrogen) atoms. The Labute approximate surface area is 117 Å². The molecule has 1 fully saturated rings. The summed E-state index contributed by atoms with van der Waals surface area (Å²) in [6.45, 7) is 2.20. The van der Waals surface area contributed by atoms with Crippen LogP contribution in [0.1, 0.15) is 43.0 Å². The summed E-state index contributed by atoms with van der Waals surface area (Å²) in [6.07, 6.45) is 3.89. The maximum atomic E-state index is 12.0. The van der Waals surface area contributed by atoms with Crippen molar-refractivity contribution in [2.45, 2.75) is 32.6 Å². The van der Waals surface area contributed by atoms with Gasteiger partial charge in [-0.3, -0.25) is 14.9 Å². The van der Waals surface area contributed by atoms with E-state index >= 15 is 0 Å². The van der Waals surface area contributed by atoms with E-state index in [1.54, 1.807) is 6.07 Å². The number of amides is 1. The fourth-order valence-electron chi connectivity index (χ4n) is 2.22. The van der Waals surface area contributed by atoms with Crippen molar-refractivity contribution in [3.63, 3.8) is 0 Å². The molecule has 1 saturated carbocycles. The number of hydrogen-bond acceptors (Lipinski definition) is 4. The molecule has 0 aliphatic heterocycles. The summed E-state index contributed by atoms with van der Waals surface area (Å²) in [7, 11) is 0. The van der Waals surface area contributed by atoms with Crippen molar-refractivity contribution in [2.24, 2.45) is 11.0 Å². The lowest BCUT2D eigenvalue weighted by Gasteiger charge is -2.18.